The smallest absolute Gasteiger partial charge is 0.209 e. The van der Waals surface area contributed by atoms with Crippen molar-refractivity contribution >= 4 is 35.0 Å². The molecule has 0 atom stereocenters. The topological polar surface area (TPSA) is 64.9 Å². The molecular formula is C18H19Cl2N5OS. The van der Waals surface area contributed by atoms with Gasteiger partial charge in [0.05, 0.1) is 0 Å². The van der Waals surface area contributed by atoms with Gasteiger partial charge in [0.2, 0.25) is 5.16 Å². The number of ether oxygens (including phenoxy) is 1. The molecule has 0 fully saturated rings. The van der Waals surface area contributed by atoms with E-state index in [1.807, 2.05) is 49.5 Å². The molecule has 0 spiro atoms. The van der Waals surface area contributed by atoms with Crippen molar-refractivity contribution in [3.8, 4) is 5.75 Å². The summed E-state index contributed by atoms with van der Waals surface area (Å²) in [5.74, 6) is 1.64. The predicted molar refractivity (Wildman–Crippen MR) is 108 cm³/mol. The molecule has 0 saturated carbocycles. The number of halogens is 2. The first-order valence-corrected chi connectivity index (χ1v) is 10.1. The van der Waals surface area contributed by atoms with Crippen LogP contribution in [0, 0.1) is 0 Å². The summed E-state index contributed by atoms with van der Waals surface area (Å²) in [6.07, 6.45) is 0. The Morgan fingerprint density at radius 3 is 2.78 bits per heavy atom. The van der Waals surface area contributed by atoms with Gasteiger partial charge in [0.15, 0.2) is 0 Å². The summed E-state index contributed by atoms with van der Waals surface area (Å²) < 4.78 is 7.63. The second-order valence-electron chi connectivity index (χ2n) is 5.74. The van der Waals surface area contributed by atoms with Gasteiger partial charge >= 0.3 is 0 Å². The van der Waals surface area contributed by atoms with Gasteiger partial charge in [-0.3, -0.25) is 0 Å². The van der Waals surface area contributed by atoms with E-state index >= 15 is 0 Å². The summed E-state index contributed by atoms with van der Waals surface area (Å²) in [5.41, 5.74) is 1.95. The van der Waals surface area contributed by atoms with Gasteiger partial charge in [-0.15, -0.1) is 5.10 Å². The van der Waals surface area contributed by atoms with Crippen molar-refractivity contribution in [1.82, 2.24) is 25.5 Å². The van der Waals surface area contributed by atoms with Crippen molar-refractivity contribution in [1.29, 1.82) is 0 Å². The van der Waals surface area contributed by atoms with Crippen LogP contribution in [-0.4, -0.2) is 32.5 Å². The van der Waals surface area contributed by atoms with Gasteiger partial charge < -0.3 is 10.1 Å². The number of aromatic nitrogens is 4. The van der Waals surface area contributed by atoms with E-state index < -0.39 is 0 Å². The second-order valence-corrected chi connectivity index (χ2v) is 7.65. The Morgan fingerprint density at radius 2 is 2.00 bits per heavy atom. The monoisotopic (exact) mass is 423 g/mol. The number of rotatable bonds is 9. The maximum Gasteiger partial charge on any atom is 0.209 e. The molecule has 0 unspecified atom stereocenters. The zero-order valence-corrected chi connectivity index (χ0v) is 17.1. The molecule has 142 valence electrons. The molecule has 27 heavy (non-hydrogen) atoms. The van der Waals surface area contributed by atoms with E-state index in [4.69, 9.17) is 27.9 Å². The summed E-state index contributed by atoms with van der Waals surface area (Å²) in [7, 11) is 1.82. The molecule has 1 aromatic heterocycles. The number of hydrogen-bond donors (Lipinski definition) is 1. The van der Waals surface area contributed by atoms with Gasteiger partial charge in [-0.25, -0.2) is 4.68 Å². The fourth-order valence-corrected chi connectivity index (χ4v) is 3.51. The minimum atomic E-state index is 0.406. The van der Waals surface area contributed by atoms with Crippen LogP contribution in [0.15, 0.2) is 47.6 Å². The number of thioether (sulfide) groups is 1. The highest BCUT2D eigenvalue weighted by Crippen LogP contribution is 2.25. The second kappa shape index (κ2) is 9.94. The molecule has 9 heteroatoms. The van der Waals surface area contributed by atoms with Crippen LogP contribution in [-0.2, 0) is 20.2 Å². The van der Waals surface area contributed by atoms with Crippen molar-refractivity contribution in [3.05, 3.63) is 63.6 Å². The SMILES string of the molecule is Cn1nnnc1SCCNCc1cc(Cl)ccc1OCc1ccccc1Cl. The van der Waals surface area contributed by atoms with Crippen molar-refractivity contribution < 1.29 is 4.74 Å². The highest BCUT2D eigenvalue weighted by Gasteiger charge is 2.07. The largest absolute Gasteiger partial charge is 0.489 e. The molecule has 3 rings (SSSR count). The lowest BCUT2D eigenvalue weighted by molar-refractivity contribution is 0.302. The molecule has 3 aromatic rings. The zero-order valence-electron chi connectivity index (χ0n) is 14.7. The number of tetrazole rings is 1. The van der Waals surface area contributed by atoms with E-state index in [0.29, 0.717) is 23.2 Å². The summed E-state index contributed by atoms with van der Waals surface area (Å²) in [4.78, 5) is 0. The summed E-state index contributed by atoms with van der Waals surface area (Å²) in [6, 6.07) is 13.3. The maximum atomic E-state index is 6.20. The lowest BCUT2D eigenvalue weighted by Gasteiger charge is -2.13. The van der Waals surface area contributed by atoms with Gasteiger partial charge in [0.1, 0.15) is 12.4 Å². The summed E-state index contributed by atoms with van der Waals surface area (Å²) >= 11 is 13.9. The van der Waals surface area contributed by atoms with Crippen LogP contribution >= 0.6 is 35.0 Å². The number of nitrogens with zero attached hydrogens (tertiary/aromatic N) is 4. The third-order valence-electron chi connectivity index (χ3n) is 3.77. The minimum Gasteiger partial charge on any atom is -0.489 e. The average molecular weight is 424 g/mol. The molecule has 0 amide bonds. The highest BCUT2D eigenvalue weighted by molar-refractivity contribution is 7.99. The van der Waals surface area contributed by atoms with E-state index in [2.05, 4.69) is 20.8 Å². The van der Waals surface area contributed by atoms with Gasteiger partial charge in [0, 0.05) is 47.1 Å². The zero-order chi connectivity index (χ0) is 19.1. The van der Waals surface area contributed by atoms with Crippen LogP contribution < -0.4 is 10.1 Å². The summed E-state index contributed by atoms with van der Waals surface area (Å²) in [5, 5.41) is 16.9. The molecule has 6 nitrogen and oxygen atoms in total. The van der Waals surface area contributed by atoms with E-state index in [1.165, 1.54) is 0 Å². The number of aryl methyl sites for hydroxylation is 1. The first-order chi connectivity index (χ1) is 13.1. The predicted octanol–water partition coefficient (Wildman–Crippen LogP) is 3.98. The highest BCUT2D eigenvalue weighted by atomic mass is 35.5. The Balaban J connectivity index is 1.52. The Kier molecular flexibility index (Phi) is 7.34. The Morgan fingerprint density at radius 1 is 1.15 bits per heavy atom. The van der Waals surface area contributed by atoms with Crippen molar-refractivity contribution in [3.63, 3.8) is 0 Å². The fourth-order valence-electron chi connectivity index (χ4n) is 2.38. The molecule has 1 heterocycles. The van der Waals surface area contributed by atoms with E-state index in [0.717, 1.165) is 34.3 Å². The Hall–Kier alpha value is -1.80. The Labute approximate surface area is 172 Å². The van der Waals surface area contributed by atoms with Crippen molar-refractivity contribution in [2.24, 2.45) is 7.05 Å². The lowest BCUT2D eigenvalue weighted by atomic mass is 10.2. The number of benzene rings is 2. The lowest BCUT2D eigenvalue weighted by Crippen LogP contribution is -2.17. The number of nitrogens with one attached hydrogen (secondary N) is 1. The fraction of sp³-hybridized carbons (Fsp3) is 0.278. The van der Waals surface area contributed by atoms with Gasteiger partial charge in [-0.2, -0.15) is 0 Å². The third kappa shape index (κ3) is 5.84. The Bertz CT molecular complexity index is 890. The normalized spacial score (nSPS) is 10.9. The van der Waals surface area contributed by atoms with Crippen LogP contribution in [0.1, 0.15) is 11.1 Å². The first-order valence-electron chi connectivity index (χ1n) is 8.34. The third-order valence-corrected chi connectivity index (χ3v) is 5.39. The standard InChI is InChI=1S/C18H19Cl2N5OS/c1-25-18(22-23-24-25)27-9-8-21-11-14-10-15(19)6-7-17(14)26-12-13-4-2-3-5-16(13)20/h2-7,10,21H,8-9,11-12H2,1H3. The molecule has 2 aromatic carbocycles. The first kappa shape index (κ1) is 19.9. The van der Waals surface area contributed by atoms with E-state index in [-0.39, 0.29) is 0 Å². The molecule has 0 aliphatic carbocycles. The molecular weight excluding hydrogens is 405 g/mol. The molecule has 0 aliphatic rings. The van der Waals surface area contributed by atoms with Crippen LogP contribution in [0.5, 0.6) is 5.75 Å². The van der Waals surface area contributed by atoms with Gasteiger partial charge in [-0.05, 0) is 34.7 Å². The minimum absolute atomic E-state index is 0.406. The van der Waals surface area contributed by atoms with Crippen LogP contribution in [0.4, 0.5) is 0 Å². The number of hydrogen-bond acceptors (Lipinski definition) is 6. The van der Waals surface area contributed by atoms with E-state index in [1.54, 1.807) is 16.4 Å². The average Bonchev–Trinajstić information content (AvgIpc) is 3.07. The quantitative estimate of drug-likeness (QED) is 0.414. The maximum absolute atomic E-state index is 6.20. The summed E-state index contributed by atoms with van der Waals surface area (Å²) in [6.45, 7) is 1.85. The van der Waals surface area contributed by atoms with E-state index in [9.17, 15) is 0 Å². The van der Waals surface area contributed by atoms with Crippen molar-refractivity contribution in [2.75, 3.05) is 12.3 Å². The molecule has 0 bridgehead atoms. The van der Waals surface area contributed by atoms with Crippen molar-refractivity contribution in [2.45, 2.75) is 18.3 Å². The van der Waals surface area contributed by atoms with Gasteiger partial charge in [-0.1, -0.05) is 53.2 Å². The van der Waals surface area contributed by atoms with Crippen LogP contribution in [0.3, 0.4) is 0 Å². The molecule has 0 radical (unpaired) electrons. The molecule has 1 N–H and O–H groups in total. The van der Waals surface area contributed by atoms with Gasteiger partial charge in [0.25, 0.3) is 0 Å². The molecule has 0 aliphatic heterocycles. The van der Waals surface area contributed by atoms with Crippen LogP contribution in [0.2, 0.25) is 10.0 Å². The molecule has 0 saturated heterocycles. The van der Waals surface area contributed by atoms with Crippen LogP contribution in [0.25, 0.3) is 0 Å².